The van der Waals surface area contributed by atoms with Gasteiger partial charge in [0.2, 0.25) is 10.0 Å². The molecule has 0 unspecified atom stereocenters. The summed E-state index contributed by atoms with van der Waals surface area (Å²) in [7, 11) is -3.29. The number of anilines is 1. The summed E-state index contributed by atoms with van der Waals surface area (Å²) in [6, 6.07) is 11.2. The van der Waals surface area contributed by atoms with Crippen LogP contribution in [-0.4, -0.2) is 19.4 Å². The number of hydrogen-bond donors (Lipinski definition) is 2. The number of benzene rings is 1. The highest BCUT2D eigenvalue weighted by Crippen LogP contribution is 2.13. The Morgan fingerprint density at radius 3 is 2.30 bits per heavy atom. The van der Waals surface area contributed by atoms with Gasteiger partial charge in [-0.1, -0.05) is 24.3 Å². The smallest absolute Gasteiger partial charge is 0.216 e. The van der Waals surface area contributed by atoms with E-state index in [1.54, 1.807) is 6.20 Å². The fraction of sp³-hybridized carbons (Fsp3) is 0.312. The number of nitrogens with one attached hydrogen (secondary N) is 2. The Bertz CT molecular complexity index is 729. The molecule has 7 heteroatoms. The first kappa shape index (κ1) is 17.9. The summed E-state index contributed by atoms with van der Waals surface area (Å²) in [5.41, 5.74) is 1.83. The van der Waals surface area contributed by atoms with Gasteiger partial charge in [-0.25, -0.2) is 18.1 Å². The molecular weight excluding hydrogens is 378 g/mol. The van der Waals surface area contributed by atoms with E-state index in [9.17, 15) is 8.42 Å². The molecule has 1 heterocycles. The number of halogens is 1. The van der Waals surface area contributed by atoms with Gasteiger partial charge in [0.1, 0.15) is 5.82 Å². The van der Waals surface area contributed by atoms with Crippen molar-refractivity contribution in [1.29, 1.82) is 0 Å². The molecule has 0 spiro atoms. The fourth-order valence-corrected chi connectivity index (χ4v) is 3.71. The highest BCUT2D eigenvalue weighted by atomic mass is 79.9. The van der Waals surface area contributed by atoms with Crippen LogP contribution in [0.15, 0.2) is 47.1 Å². The highest BCUT2D eigenvalue weighted by molar-refractivity contribution is 9.10. The normalized spacial score (nSPS) is 11.7. The van der Waals surface area contributed by atoms with E-state index in [0.29, 0.717) is 6.54 Å². The van der Waals surface area contributed by atoms with Crippen LogP contribution >= 0.6 is 15.9 Å². The van der Waals surface area contributed by atoms with Crippen LogP contribution in [0.5, 0.6) is 0 Å². The molecule has 0 aliphatic rings. The van der Waals surface area contributed by atoms with E-state index < -0.39 is 10.0 Å². The summed E-state index contributed by atoms with van der Waals surface area (Å²) in [6.07, 6.45) is 1.73. The summed E-state index contributed by atoms with van der Waals surface area (Å²) in [5, 5.41) is 3.22. The molecule has 0 aliphatic carbocycles. The van der Waals surface area contributed by atoms with Crippen molar-refractivity contribution in [3.63, 3.8) is 0 Å². The Hall–Kier alpha value is -1.44. The van der Waals surface area contributed by atoms with Crippen molar-refractivity contribution >= 4 is 31.8 Å². The van der Waals surface area contributed by atoms with E-state index >= 15 is 0 Å². The molecule has 2 N–H and O–H groups in total. The molecule has 0 bridgehead atoms. The monoisotopic (exact) mass is 397 g/mol. The molecular formula is C16H20BrN3O2S. The van der Waals surface area contributed by atoms with E-state index in [4.69, 9.17) is 0 Å². The molecule has 124 valence electrons. The topological polar surface area (TPSA) is 71.1 Å². The van der Waals surface area contributed by atoms with Crippen molar-refractivity contribution < 1.29 is 8.42 Å². The molecule has 1 aromatic heterocycles. The predicted octanol–water partition coefficient (Wildman–Crippen LogP) is 3.28. The molecule has 5 nitrogen and oxygen atoms in total. The van der Waals surface area contributed by atoms with E-state index in [2.05, 4.69) is 31.0 Å². The number of nitrogens with zero attached hydrogens (tertiary/aromatic N) is 1. The summed E-state index contributed by atoms with van der Waals surface area (Å²) >= 11 is 3.34. The first-order valence-electron chi connectivity index (χ1n) is 7.27. The largest absolute Gasteiger partial charge is 0.366 e. The molecule has 0 saturated carbocycles. The van der Waals surface area contributed by atoms with Crippen LogP contribution in [0.2, 0.25) is 0 Å². The zero-order valence-electron chi connectivity index (χ0n) is 13.1. The quantitative estimate of drug-likeness (QED) is 0.751. The minimum Gasteiger partial charge on any atom is -0.366 e. The molecule has 2 aromatic rings. The van der Waals surface area contributed by atoms with Gasteiger partial charge in [0.05, 0.1) is 5.75 Å². The van der Waals surface area contributed by atoms with Crippen LogP contribution < -0.4 is 10.0 Å². The molecule has 23 heavy (non-hydrogen) atoms. The first-order chi connectivity index (χ1) is 10.8. The van der Waals surface area contributed by atoms with Crippen LogP contribution in [0.4, 0.5) is 5.82 Å². The summed E-state index contributed by atoms with van der Waals surface area (Å²) in [4.78, 5) is 4.24. The molecule has 0 fully saturated rings. The summed E-state index contributed by atoms with van der Waals surface area (Å²) in [5.74, 6) is 0.786. The van der Waals surface area contributed by atoms with Crippen molar-refractivity contribution in [3.05, 3.63) is 58.2 Å². The van der Waals surface area contributed by atoms with Crippen molar-refractivity contribution in [3.8, 4) is 0 Å². The minimum absolute atomic E-state index is 0.00679. The second-order valence-electron chi connectivity index (χ2n) is 5.56. The average Bonchev–Trinajstić information content (AvgIpc) is 2.46. The van der Waals surface area contributed by atoms with Crippen LogP contribution in [-0.2, 0) is 22.3 Å². The molecule has 0 saturated heterocycles. The zero-order chi connectivity index (χ0) is 16.9. The molecule has 0 amide bonds. The summed E-state index contributed by atoms with van der Waals surface area (Å²) in [6.45, 7) is 4.25. The number of sulfonamides is 1. The van der Waals surface area contributed by atoms with Crippen LogP contribution in [0, 0.1) is 0 Å². The van der Waals surface area contributed by atoms with Gasteiger partial charge >= 0.3 is 0 Å². The maximum absolute atomic E-state index is 11.9. The Balaban J connectivity index is 1.93. The average molecular weight is 398 g/mol. The Kier molecular flexibility index (Phi) is 6.15. The third-order valence-electron chi connectivity index (χ3n) is 3.00. The van der Waals surface area contributed by atoms with E-state index in [0.717, 1.165) is 21.4 Å². The lowest BCUT2D eigenvalue weighted by atomic mass is 10.1. The van der Waals surface area contributed by atoms with Crippen molar-refractivity contribution in [2.75, 3.05) is 5.32 Å². The highest BCUT2D eigenvalue weighted by Gasteiger charge is 2.12. The van der Waals surface area contributed by atoms with E-state index in [1.807, 2.05) is 50.2 Å². The van der Waals surface area contributed by atoms with Crippen molar-refractivity contribution in [1.82, 2.24) is 9.71 Å². The van der Waals surface area contributed by atoms with E-state index in [-0.39, 0.29) is 11.8 Å². The Labute approximate surface area is 145 Å². The second-order valence-corrected chi connectivity index (χ2v) is 8.23. The van der Waals surface area contributed by atoms with Gasteiger partial charge in [0, 0.05) is 23.3 Å². The first-order valence-corrected chi connectivity index (χ1v) is 9.72. The molecule has 0 radical (unpaired) electrons. The predicted molar refractivity (Wildman–Crippen MR) is 96.6 cm³/mol. The lowest BCUT2D eigenvalue weighted by Gasteiger charge is -2.10. The van der Waals surface area contributed by atoms with Crippen LogP contribution in [0.3, 0.4) is 0 Å². The minimum atomic E-state index is -3.29. The van der Waals surface area contributed by atoms with Gasteiger partial charge in [-0.3, -0.25) is 0 Å². The molecule has 2 rings (SSSR count). The van der Waals surface area contributed by atoms with E-state index in [1.165, 1.54) is 0 Å². The van der Waals surface area contributed by atoms with Gasteiger partial charge in [-0.05, 0) is 53.0 Å². The molecule has 0 atom stereocenters. The number of aromatic nitrogens is 1. The van der Waals surface area contributed by atoms with Crippen molar-refractivity contribution in [2.24, 2.45) is 0 Å². The van der Waals surface area contributed by atoms with Gasteiger partial charge in [0.15, 0.2) is 0 Å². The number of rotatable bonds is 7. The van der Waals surface area contributed by atoms with Gasteiger partial charge in [-0.2, -0.15) is 0 Å². The Morgan fingerprint density at radius 1 is 1.09 bits per heavy atom. The Morgan fingerprint density at radius 2 is 1.74 bits per heavy atom. The molecule has 0 aliphatic heterocycles. The fourth-order valence-electron chi connectivity index (χ4n) is 2.05. The number of hydrogen-bond acceptors (Lipinski definition) is 4. The lowest BCUT2D eigenvalue weighted by molar-refractivity contribution is 0.569. The lowest BCUT2D eigenvalue weighted by Crippen LogP contribution is -2.31. The van der Waals surface area contributed by atoms with Gasteiger partial charge < -0.3 is 5.32 Å². The van der Waals surface area contributed by atoms with Crippen molar-refractivity contribution in [2.45, 2.75) is 32.2 Å². The summed E-state index contributed by atoms with van der Waals surface area (Å²) < 4.78 is 27.3. The van der Waals surface area contributed by atoms with Crippen LogP contribution in [0.1, 0.15) is 25.0 Å². The standard InChI is InChI=1S/C16H20BrN3O2S/c1-12(2)20-23(21,22)11-14-5-3-13(4-6-14)9-18-16-8-7-15(17)10-19-16/h3-8,10,12,20H,9,11H2,1-2H3,(H,18,19). The third-order valence-corrected chi connectivity index (χ3v) is 5.01. The maximum Gasteiger partial charge on any atom is 0.216 e. The maximum atomic E-state index is 11.9. The number of pyridine rings is 1. The van der Waals surface area contributed by atoms with Crippen LogP contribution in [0.25, 0.3) is 0 Å². The third kappa shape index (κ3) is 6.29. The van der Waals surface area contributed by atoms with Gasteiger partial charge in [-0.15, -0.1) is 0 Å². The zero-order valence-corrected chi connectivity index (χ0v) is 15.5. The van der Waals surface area contributed by atoms with Gasteiger partial charge in [0.25, 0.3) is 0 Å². The molecule has 1 aromatic carbocycles. The second kappa shape index (κ2) is 7.90. The SMILES string of the molecule is CC(C)NS(=O)(=O)Cc1ccc(CNc2ccc(Br)cn2)cc1.